The second-order valence-corrected chi connectivity index (χ2v) is 13.1. The van der Waals surface area contributed by atoms with Crippen LogP contribution >= 0.6 is 7.14 Å². The van der Waals surface area contributed by atoms with Crippen molar-refractivity contribution in [2.45, 2.75) is 29.6 Å². The van der Waals surface area contributed by atoms with Gasteiger partial charge in [0.05, 0.1) is 11.6 Å². The molecular formula is C26H25N2O4PS. The van der Waals surface area contributed by atoms with E-state index in [1.807, 2.05) is 24.3 Å². The minimum absolute atomic E-state index is 0.0963. The van der Waals surface area contributed by atoms with Crippen LogP contribution in [-0.4, -0.2) is 41.2 Å². The van der Waals surface area contributed by atoms with E-state index in [9.17, 15) is 18.1 Å². The standard InChI is InChI=1S/C26H25N2O4PS/c29-26(33(30,21-12-3-1-4-13-21)22-14-5-2-6-15-22)23-16-9-19-28(23)34(31,32)24-17-7-10-20-11-8-18-27-25(20)24/h1-8,10-15,17-18,23,26,29H,9,16,19H2/t23-,26+/m0/s1. The number of aliphatic hydroxyl groups is 1. The molecule has 0 aliphatic carbocycles. The van der Waals surface area contributed by atoms with Gasteiger partial charge in [-0.25, -0.2) is 8.42 Å². The minimum atomic E-state index is -3.99. The van der Waals surface area contributed by atoms with Crippen molar-refractivity contribution in [2.24, 2.45) is 0 Å². The first-order valence-corrected chi connectivity index (χ1v) is 14.4. The van der Waals surface area contributed by atoms with Gasteiger partial charge in [-0.15, -0.1) is 0 Å². The fourth-order valence-electron chi connectivity index (χ4n) is 4.77. The Hall–Kier alpha value is -2.83. The summed E-state index contributed by atoms with van der Waals surface area (Å²) in [7, 11) is -7.57. The molecule has 34 heavy (non-hydrogen) atoms. The molecule has 0 bridgehead atoms. The first-order chi connectivity index (χ1) is 16.4. The number of aliphatic hydroxyl groups excluding tert-OH is 1. The zero-order valence-electron chi connectivity index (χ0n) is 18.4. The van der Waals surface area contributed by atoms with E-state index >= 15 is 0 Å². The molecular weight excluding hydrogens is 467 g/mol. The summed E-state index contributed by atoms with van der Waals surface area (Å²) in [6, 6.07) is 25.5. The summed E-state index contributed by atoms with van der Waals surface area (Å²) in [5.41, 5.74) is 0.388. The third kappa shape index (κ3) is 3.79. The van der Waals surface area contributed by atoms with Gasteiger partial charge in [-0.2, -0.15) is 4.31 Å². The van der Waals surface area contributed by atoms with Gasteiger partial charge in [0.15, 0.2) is 7.14 Å². The van der Waals surface area contributed by atoms with Crippen LogP contribution in [0, 0.1) is 0 Å². The predicted molar refractivity (Wildman–Crippen MR) is 134 cm³/mol. The molecule has 0 saturated carbocycles. The molecule has 6 nitrogen and oxygen atoms in total. The topological polar surface area (TPSA) is 87.6 Å². The van der Waals surface area contributed by atoms with E-state index in [0.717, 1.165) is 5.39 Å². The van der Waals surface area contributed by atoms with E-state index < -0.39 is 29.1 Å². The Morgan fingerprint density at radius 3 is 2.15 bits per heavy atom. The van der Waals surface area contributed by atoms with Crippen molar-refractivity contribution in [3.63, 3.8) is 0 Å². The number of hydrogen-bond donors (Lipinski definition) is 1. The Labute approximate surface area is 199 Å². The maximum Gasteiger partial charge on any atom is 0.245 e. The lowest BCUT2D eigenvalue weighted by Gasteiger charge is -2.33. The maximum atomic E-state index is 14.6. The van der Waals surface area contributed by atoms with Crippen molar-refractivity contribution >= 4 is 38.7 Å². The highest BCUT2D eigenvalue weighted by atomic mass is 32.2. The zero-order chi connectivity index (χ0) is 23.8. The molecule has 0 amide bonds. The number of sulfonamides is 1. The molecule has 0 unspecified atom stereocenters. The van der Waals surface area contributed by atoms with Gasteiger partial charge in [0.1, 0.15) is 10.7 Å². The Morgan fingerprint density at radius 2 is 1.50 bits per heavy atom. The molecule has 174 valence electrons. The number of aromatic nitrogens is 1. The number of pyridine rings is 1. The highest BCUT2D eigenvalue weighted by molar-refractivity contribution is 7.89. The average molecular weight is 493 g/mol. The normalized spacial score (nSPS) is 18.2. The van der Waals surface area contributed by atoms with E-state index in [2.05, 4.69) is 4.98 Å². The van der Waals surface area contributed by atoms with E-state index in [-0.39, 0.29) is 11.4 Å². The number of benzene rings is 3. The van der Waals surface area contributed by atoms with Crippen LogP contribution in [0.4, 0.5) is 0 Å². The third-order valence-corrected chi connectivity index (χ3v) is 11.6. The molecule has 1 saturated heterocycles. The summed E-state index contributed by atoms with van der Waals surface area (Å²) in [5.74, 6) is -1.39. The molecule has 4 aromatic rings. The lowest BCUT2D eigenvalue weighted by atomic mass is 10.2. The van der Waals surface area contributed by atoms with Crippen LogP contribution < -0.4 is 10.6 Å². The third-order valence-electron chi connectivity index (χ3n) is 6.43. The minimum Gasteiger partial charge on any atom is -0.383 e. The summed E-state index contributed by atoms with van der Waals surface area (Å²) in [6.07, 6.45) is 2.56. The largest absolute Gasteiger partial charge is 0.383 e. The number of rotatable bonds is 6. The summed E-state index contributed by atoms with van der Waals surface area (Å²) in [4.78, 5) is 4.41. The van der Waals surface area contributed by atoms with E-state index in [4.69, 9.17) is 0 Å². The number of fused-ring (bicyclic) bond motifs is 1. The highest BCUT2D eigenvalue weighted by Crippen LogP contribution is 2.51. The van der Waals surface area contributed by atoms with Crippen LogP contribution in [-0.2, 0) is 14.6 Å². The van der Waals surface area contributed by atoms with Crippen molar-refractivity contribution in [3.8, 4) is 0 Å². The Bertz CT molecular complexity index is 1410. The monoisotopic (exact) mass is 492 g/mol. The Kier molecular flexibility index (Phi) is 6.13. The van der Waals surface area contributed by atoms with Crippen molar-refractivity contribution < 1.29 is 18.1 Å². The maximum absolute atomic E-state index is 14.6. The predicted octanol–water partition coefficient (Wildman–Crippen LogP) is 3.72. The van der Waals surface area contributed by atoms with E-state index in [1.165, 1.54) is 4.31 Å². The van der Waals surface area contributed by atoms with Gasteiger partial charge in [-0.05, 0) is 25.0 Å². The summed E-state index contributed by atoms with van der Waals surface area (Å²) in [5, 5.41) is 13.4. The van der Waals surface area contributed by atoms with Crippen molar-refractivity contribution in [1.82, 2.24) is 9.29 Å². The van der Waals surface area contributed by atoms with Crippen molar-refractivity contribution in [2.75, 3.05) is 6.54 Å². The van der Waals surface area contributed by atoms with Crippen LogP contribution in [0.25, 0.3) is 10.9 Å². The molecule has 5 rings (SSSR count). The van der Waals surface area contributed by atoms with Gasteiger partial charge in [-0.3, -0.25) is 4.98 Å². The van der Waals surface area contributed by atoms with Gasteiger partial charge in [0.25, 0.3) is 0 Å². The molecule has 8 heteroatoms. The van der Waals surface area contributed by atoms with Crippen LogP contribution in [0.15, 0.2) is 102 Å². The first kappa shape index (κ1) is 22.9. The van der Waals surface area contributed by atoms with E-state index in [1.54, 1.807) is 72.9 Å². The molecule has 1 aliphatic heterocycles. The Balaban J connectivity index is 1.61. The summed E-state index contributed by atoms with van der Waals surface area (Å²) < 4.78 is 43.7. The van der Waals surface area contributed by atoms with Gasteiger partial charge >= 0.3 is 0 Å². The van der Waals surface area contributed by atoms with Gasteiger partial charge < -0.3 is 9.67 Å². The molecule has 1 aliphatic rings. The summed E-state index contributed by atoms with van der Waals surface area (Å²) >= 11 is 0. The van der Waals surface area contributed by atoms with Crippen LogP contribution in [0.5, 0.6) is 0 Å². The van der Waals surface area contributed by atoms with Gasteiger partial charge in [0.2, 0.25) is 10.0 Å². The van der Waals surface area contributed by atoms with Gasteiger partial charge in [0, 0.05) is 28.7 Å². The molecule has 1 aromatic heterocycles. The van der Waals surface area contributed by atoms with Crippen molar-refractivity contribution in [1.29, 1.82) is 0 Å². The fraction of sp³-hybridized carbons (Fsp3) is 0.192. The smallest absolute Gasteiger partial charge is 0.245 e. The average Bonchev–Trinajstić information content (AvgIpc) is 3.39. The molecule has 1 fully saturated rings. The quantitative estimate of drug-likeness (QED) is 0.415. The zero-order valence-corrected chi connectivity index (χ0v) is 20.1. The van der Waals surface area contributed by atoms with E-state index in [0.29, 0.717) is 29.0 Å². The molecule has 0 spiro atoms. The lowest BCUT2D eigenvalue weighted by Crippen LogP contribution is -2.45. The van der Waals surface area contributed by atoms with Crippen LogP contribution in [0.1, 0.15) is 12.8 Å². The van der Waals surface area contributed by atoms with Gasteiger partial charge in [-0.1, -0.05) is 78.9 Å². The highest BCUT2D eigenvalue weighted by Gasteiger charge is 2.48. The molecule has 1 N–H and O–H groups in total. The Morgan fingerprint density at radius 1 is 0.882 bits per heavy atom. The first-order valence-electron chi connectivity index (χ1n) is 11.2. The molecule has 3 aromatic carbocycles. The van der Waals surface area contributed by atoms with Crippen LogP contribution in [0.2, 0.25) is 0 Å². The van der Waals surface area contributed by atoms with Crippen LogP contribution in [0.3, 0.4) is 0 Å². The van der Waals surface area contributed by atoms with Crippen molar-refractivity contribution in [3.05, 3.63) is 97.2 Å². The fourth-order valence-corrected chi connectivity index (χ4v) is 9.66. The number of para-hydroxylation sites is 1. The molecule has 0 radical (unpaired) electrons. The lowest BCUT2D eigenvalue weighted by molar-refractivity contribution is 0.173. The second kappa shape index (κ2) is 9.08. The summed E-state index contributed by atoms with van der Waals surface area (Å²) in [6.45, 7) is 0.247. The SMILES string of the molecule is O=P(c1ccccc1)(c1ccccc1)[C@@H](O)[C@@H]1CCCN1S(=O)(=O)c1cccc2cccnc12. The second-order valence-electron chi connectivity index (χ2n) is 8.40. The number of hydrogen-bond acceptors (Lipinski definition) is 5. The number of nitrogens with zero attached hydrogens (tertiary/aromatic N) is 2. The molecule has 2 heterocycles. The molecule has 2 atom stereocenters.